The van der Waals surface area contributed by atoms with Crippen LogP contribution in [0.15, 0.2) is 68.9 Å². The average Bonchev–Trinajstić information content (AvgIpc) is 3.62. The van der Waals surface area contributed by atoms with Crippen LogP contribution >= 0.6 is 0 Å². The summed E-state index contributed by atoms with van der Waals surface area (Å²) >= 11 is 0. The summed E-state index contributed by atoms with van der Waals surface area (Å²) in [6.07, 6.45) is 4.34. The van der Waals surface area contributed by atoms with Gasteiger partial charge in [-0.3, -0.25) is 4.79 Å². The minimum Gasteiger partial charge on any atom is -0.490 e. The van der Waals surface area contributed by atoms with E-state index in [0.29, 0.717) is 48.4 Å². The molecule has 2 aromatic heterocycles. The Morgan fingerprint density at radius 2 is 1.88 bits per heavy atom. The maximum absolute atomic E-state index is 13.0. The number of hydrogen-bond acceptors (Lipinski definition) is 8. The Kier molecular flexibility index (Phi) is 7.31. The van der Waals surface area contributed by atoms with Gasteiger partial charge >= 0.3 is 5.97 Å². The van der Waals surface area contributed by atoms with Gasteiger partial charge in [-0.1, -0.05) is 6.92 Å². The maximum Gasteiger partial charge on any atom is 0.338 e. The van der Waals surface area contributed by atoms with E-state index in [4.69, 9.17) is 23.0 Å². The number of benzene rings is 1. The first-order valence-corrected chi connectivity index (χ1v) is 11.1. The van der Waals surface area contributed by atoms with Crippen LogP contribution in [0.4, 0.5) is 0 Å². The second-order valence-electron chi connectivity index (χ2n) is 7.52. The summed E-state index contributed by atoms with van der Waals surface area (Å²) in [6, 6.07) is 11.4. The number of furan rings is 2. The molecule has 3 aromatic rings. The number of carbonyl (C=O) groups excluding carboxylic acids is 2. The maximum atomic E-state index is 13.0. The summed E-state index contributed by atoms with van der Waals surface area (Å²) in [4.78, 5) is 25.6. The highest BCUT2D eigenvalue weighted by atomic mass is 16.5. The summed E-state index contributed by atoms with van der Waals surface area (Å²) in [5, 5.41) is 5.69. The molecule has 9 nitrogen and oxygen atoms in total. The fourth-order valence-corrected chi connectivity index (χ4v) is 3.55. The molecule has 0 spiro atoms. The normalized spacial score (nSPS) is 15.2. The van der Waals surface area contributed by atoms with Crippen molar-refractivity contribution in [2.75, 3.05) is 19.8 Å². The van der Waals surface area contributed by atoms with Crippen LogP contribution in [0.2, 0.25) is 0 Å². The Labute approximate surface area is 196 Å². The molecule has 0 fully saturated rings. The third kappa shape index (κ3) is 5.14. The fourth-order valence-electron chi connectivity index (χ4n) is 3.55. The minimum absolute atomic E-state index is 0.254. The van der Waals surface area contributed by atoms with Crippen LogP contribution in [0.25, 0.3) is 0 Å². The molecule has 34 heavy (non-hydrogen) atoms. The van der Waals surface area contributed by atoms with E-state index in [1.807, 2.05) is 13.8 Å². The number of ether oxygens (including phenoxy) is 3. The lowest BCUT2D eigenvalue weighted by Crippen LogP contribution is -2.31. The zero-order valence-electron chi connectivity index (χ0n) is 19.1. The van der Waals surface area contributed by atoms with Crippen molar-refractivity contribution in [2.24, 2.45) is 5.10 Å². The van der Waals surface area contributed by atoms with Crippen LogP contribution in [-0.4, -0.2) is 42.4 Å². The molecule has 0 saturated heterocycles. The molecular weight excluding hydrogens is 440 g/mol. The molecule has 1 unspecified atom stereocenters. The first-order chi connectivity index (χ1) is 16.6. The first kappa shape index (κ1) is 23.2. The van der Waals surface area contributed by atoms with Crippen molar-refractivity contribution in [3.05, 3.63) is 72.1 Å². The van der Waals surface area contributed by atoms with Crippen molar-refractivity contribution < 1.29 is 32.6 Å². The standard InChI is InChI=1S/C25H26N2O7/c1-3-11-31-22-10-9-17(14-23(22)30-4-2)25(29)34-16-24(28)27-19(21-8-6-13-33-21)15-18(26-27)20-7-5-12-32-20/h5-10,12-14,19H,3-4,11,15-16H2,1-2H3. The van der Waals surface area contributed by atoms with Gasteiger partial charge in [-0.25, -0.2) is 9.80 Å². The fraction of sp³-hybridized carbons (Fsp3) is 0.320. The summed E-state index contributed by atoms with van der Waals surface area (Å²) in [7, 11) is 0. The Bertz CT molecular complexity index is 1140. The Balaban J connectivity index is 1.45. The molecule has 0 radical (unpaired) electrons. The van der Waals surface area contributed by atoms with E-state index in [1.54, 1.807) is 48.7 Å². The highest BCUT2D eigenvalue weighted by Crippen LogP contribution is 2.33. The molecule has 1 amide bonds. The molecule has 1 atom stereocenters. The molecule has 9 heteroatoms. The molecule has 0 bridgehead atoms. The van der Waals surface area contributed by atoms with E-state index in [1.165, 1.54) is 11.3 Å². The predicted octanol–water partition coefficient (Wildman–Crippen LogP) is 4.59. The van der Waals surface area contributed by atoms with Gasteiger partial charge in [0.15, 0.2) is 18.1 Å². The van der Waals surface area contributed by atoms with E-state index >= 15 is 0 Å². The lowest BCUT2D eigenvalue weighted by atomic mass is 10.1. The van der Waals surface area contributed by atoms with Gasteiger partial charge in [-0.2, -0.15) is 5.10 Å². The summed E-state index contributed by atoms with van der Waals surface area (Å²) in [6.45, 7) is 4.31. The van der Waals surface area contributed by atoms with Crippen molar-refractivity contribution in [3.8, 4) is 11.5 Å². The van der Waals surface area contributed by atoms with Crippen LogP contribution in [-0.2, 0) is 9.53 Å². The third-order valence-corrected chi connectivity index (χ3v) is 5.11. The molecule has 1 aliphatic heterocycles. The zero-order chi connectivity index (χ0) is 23.9. The predicted molar refractivity (Wildman–Crippen MR) is 122 cm³/mol. The van der Waals surface area contributed by atoms with Crippen molar-refractivity contribution >= 4 is 17.6 Å². The van der Waals surface area contributed by atoms with Crippen LogP contribution in [0.5, 0.6) is 11.5 Å². The molecular formula is C25H26N2O7. The van der Waals surface area contributed by atoms with Crippen LogP contribution in [0, 0.1) is 0 Å². The quantitative estimate of drug-likeness (QED) is 0.402. The van der Waals surface area contributed by atoms with Gasteiger partial charge in [0.1, 0.15) is 23.3 Å². The number of amides is 1. The number of nitrogens with zero attached hydrogens (tertiary/aromatic N) is 2. The summed E-state index contributed by atoms with van der Waals surface area (Å²) in [5.41, 5.74) is 0.860. The van der Waals surface area contributed by atoms with E-state index in [-0.39, 0.29) is 5.56 Å². The van der Waals surface area contributed by atoms with Crippen LogP contribution in [0.1, 0.15) is 54.6 Å². The van der Waals surface area contributed by atoms with Gasteiger partial charge in [0.25, 0.3) is 5.91 Å². The minimum atomic E-state index is -0.652. The largest absolute Gasteiger partial charge is 0.490 e. The molecule has 178 valence electrons. The third-order valence-electron chi connectivity index (χ3n) is 5.11. The number of esters is 1. The van der Waals surface area contributed by atoms with Gasteiger partial charge in [-0.15, -0.1) is 0 Å². The summed E-state index contributed by atoms with van der Waals surface area (Å²) < 4.78 is 27.5. The molecule has 0 N–H and O–H groups in total. The van der Waals surface area contributed by atoms with Gasteiger partial charge in [0.05, 0.1) is 31.3 Å². The van der Waals surface area contributed by atoms with Gasteiger partial charge in [0, 0.05) is 6.42 Å². The Morgan fingerprint density at radius 3 is 2.59 bits per heavy atom. The smallest absolute Gasteiger partial charge is 0.338 e. The van der Waals surface area contributed by atoms with Gasteiger partial charge in [-0.05, 0) is 55.8 Å². The van der Waals surface area contributed by atoms with E-state index < -0.39 is 24.5 Å². The second-order valence-corrected chi connectivity index (χ2v) is 7.52. The molecule has 4 rings (SSSR count). The molecule has 1 aliphatic rings. The highest BCUT2D eigenvalue weighted by molar-refractivity contribution is 6.01. The second kappa shape index (κ2) is 10.7. The van der Waals surface area contributed by atoms with Crippen molar-refractivity contribution in [3.63, 3.8) is 0 Å². The zero-order valence-corrected chi connectivity index (χ0v) is 19.1. The molecule has 3 heterocycles. The van der Waals surface area contributed by atoms with E-state index in [2.05, 4.69) is 5.10 Å². The van der Waals surface area contributed by atoms with E-state index in [0.717, 1.165) is 6.42 Å². The molecule has 0 aliphatic carbocycles. The van der Waals surface area contributed by atoms with E-state index in [9.17, 15) is 9.59 Å². The molecule has 0 saturated carbocycles. The lowest BCUT2D eigenvalue weighted by molar-refractivity contribution is -0.136. The summed E-state index contributed by atoms with van der Waals surface area (Å²) in [5.74, 6) is 1.01. The lowest BCUT2D eigenvalue weighted by Gasteiger charge is -2.19. The monoisotopic (exact) mass is 466 g/mol. The topological polar surface area (TPSA) is 104 Å². The van der Waals surface area contributed by atoms with Crippen molar-refractivity contribution in [1.29, 1.82) is 0 Å². The van der Waals surface area contributed by atoms with Crippen molar-refractivity contribution in [1.82, 2.24) is 5.01 Å². The molecule has 1 aromatic carbocycles. The van der Waals surface area contributed by atoms with Crippen molar-refractivity contribution in [2.45, 2.75) is 32.7 Å². The number of rotatable bonds is 10. The highest BCUT2D eigenvalue weighted by Gasteiger charge is 2.36. The average molecular weight is 466 g/mol. The number of carbonyl (C=O) groups is 2. The number of hydrogen-bond donors (Lipinski definition) is 0. The Hall–Kier alpha value is -4.01. The van der Waals surface area contributed by atoms with Gasteiger partial charge in [0.2, 0.25) is 0 Å². The SMILES string of the molecule is CCCOc1ccc(C(=O)OCC(=O)N2N=C(c3ccco3)CC2c2ccco2)cc1OCC. The van der Waals surface area contributed by atoms with Crippen LogP contribution < -0.4 is 9.47 Å². The first-order valence-electron chi connectivity index (χ1n) is 11.1. The van der Waals surface area contributed by atoms with Crippen LogP contribution in [0.3, 0.4) is 0 Å². The number of hydrazone groups is 1. The Morgan fingerprint density at radius 1 is 1.06 bits per heavy atom. The van der Waals surface area contributed by atoms with Gasteiger partial charge < -0.3 is 23.0 Å².